The molecule has 1 amide bonds. The third kappa shape index (κ3) is 5.20. The summed E-state index contributed by atoms with van der Waals surface area (Å²) in [6, 6.07) is -0.978. The van der Waals surface area contributed by atoms with Crippen LogP contribution in [0.3, 0.4) is 0 Å². The van der Waals surface area contributed by atoms with Gasteiger partial charge in [-0.1, -0.05) is 0 Å². The van der Waals surface area contributed by atoms with Crippen LogP contribution in [0.5, 0.6) is 0 Å². The fraction of sp³-hybridized carbons (Fsp3) is 0.812. The van der Waals surface area contributed by atoms with Crippen LogP contribution >= 0.6 is 0 Å². The number of amides is 1. The van der Waals surface area contributed by atoms with Crippen molar-refractivity contribution in [2.75, 3.05) is 6.54 Å². The van der Waals surface area contributed by atoms with Crippen LogP contribution in [0.15, 0.2) is 0 Å². The molecule has 1 unspecified atom stereocenters. The molecule has 1 rings (SSSR count). The molecular weight excluding hydrogens is 302 g/mol. The van der Waals surface area contributed by atoms with E-state index in [0.717, 1.165) is 4.90 Å². The van der Waals surface area contributed by atoms with Gasteiger partial charge in [0.25, 0.3) is 0 Å². The molecule has 1 fully saturated rings. The molecule has 7 heteroatoms. The Labute approximate surface area is 136 Å². The van der Waals surface area contributed by atoms with Crippen molar-refractivity contribution in [3.05, 3.63) is 0 Å². The van der Waals surface area contributed by atoms with Gasteiger partial charge in [0, 0.05) is 0 Å². The van der Waals surface area contributed by atoms with Crippen molar-refractivity contribution in [1.82, 2.24) is 4.90 Å². The minimum absolute atomic E-state index is 0.344. The van der Waals surface area contributed by atoms with E-state index in [2.05, 4.69) is 0 Å². The first kappa shape index (κ1) is 19.4. The molecule has 0 aromatic carbocycles. The summed E-state index contributed by atoms with van der Waals surface area (Å²) in [5.41, 5.74) is -1.41. The number of esters is 2. The molecule has 1 aliphatic rings. The standard InChI is InChI=1S/C16H27NO6/c1-9(18)11-12(14(21)23-16(5,6)7)17(13(11)20)8-10(19)22-15(2,3)4/h9,11-12,18H,8H2,1-7H3/t9?,11-,12+/m1/s1. The molecule has 7 nitrogen and oxygen atoms in total. The van der Waals surface area contributed by atoms with Gasteiger partial charge >= 0.3 is 11.9 Å². The predicted molar refractivity (Wildman–Crippen MR) is 82.4 cm³/mol. The zero-order chi connectivity index (χ0) is 18.2. The number of β-lactam (4-membered cyclic amide) rings is 1. The Bertz CT molecular complexity index is 486. The molecule has 0 saturated carbocycles. The summed E-state index contributed by atoms with van der Waals surface area (Å²) < 4.78 is 10.5. The van der Waals surface area contributed by atoms with Crippen LogP contribution in [0.2, 0.25) is 0 Å². The summed E-state index contributed by atoms with van der Waals surface area (Å²) in [7, 11) is 0. The molecule has 1 aliphatic heterocycles. The molecule has 3 atom stereocenters. The van der Waals surface area contributed by atoms with Gasteiger partial charge in [-0.05, 0) is 48.5 Å². The normalized spacial score (nSPS) is 23.1. The van der Waals surface area contributed by atoms with E-state index in [4.69, 9.17) is 9.47 Å². The number of carbonyl (C=O) groups is 3. The highest BCUT2D eigenvalue weighted by Gasteiger charge is 2.55. The Hall–Kier alpha value is -1.63. The van der Waals surface area contributed by atoms with Crippen LogP contribution in [0.1, 0.15) is 48.5 Å². The van der Waals surface area contributed by atoms with Gasteiger partial charge in [-0.2, -0.15) is 0 Å². The Kier molecular flexibility index (Phi) is 5.46. The van der Waals surface area contributed by atoms with E-state index in [9.17, 15) is 19.5 Å². The number of hydrogen-bond acceptors (Lipinski definition) is 6. The summed E-state index contributed by atoms with van der Waals surface area (Å²) in [5.74, 6) is -2.59. The molecule has 132 valence electrons. The third-order valence-electron chi connectivity index (χ3n) is 3.13. The zero-order valence-electron chi connectivity index (χ0n) is 14.9. The number of aliphatic hydroxyl groups is 1. The maximum Gasteiger partial charge on any atom is 0.330 e. The van der Waals surface area contributed by atoms with E-state index in [1.54, 1.807) is 41.5 Å². The van der Waals surface area contributed by atoms with Crippen molar-refractivity contribution >= 4 is 17.8 Å². The molecular formula is C16H27NO6. The van der Waals surface area contributed by atoms with Crippen molar-refractivity contribution in [2.24, 2.45) is 5.92 Å². The lowest BCUT2D eigenvalue weighted by molar-refractivity contribution is -0.190. The van der Waals surface area contributed by atoms with E-state index >= 15 is 0 Å². The highest BCUT2D eigenvalue weighted by atomic mass is 16.6. The Morgan fingerprint density at radius 1 is 1.13 bits per heavy atom. The molecule has 0 radical (unpaired) electrons. The van der Waals surface area contributed by atoms with E-state index in [1.807, 2.05) is 0 Å². The fourth-order valence-corrected chi connectivity index (χ4v) is 2.37. The van der Waals surface area contributed by atoms with Crippen LogP contribution in [-0.2, 0) is 23.9 Å². The lowest BCUT2D eigenvalue weighted by Crippen LogP contribution is -2.69. The minimum Gasteiger partial charge on any atom is -0.459 e. The lowest BCUT2D eigenvalue weighted by Gasteiger charge is -2.46. The SMILES string of the molecule is CC(O)[C@H]1C(=O)N(CC(=O)OC(C)(C)C)[C@@H]1C(=O)OC(C)(C)C. The predicted octanol–water partition coefficient (Wildman–Crippen LogP) is 0.878. The maximum absolute atomic E-state index is 12.3. The largest absolute Gasteiger partial charge is 0.459 e. The van der Waals surface area contributed by atoms with Gasteiger partial charge in [0.2, 0.25) is 5.91 Å². The smallest absolute Gasteiger partial charge is 0.330 e. The van der Waals surface area contributed by atoms with Gasteiger partial charge in [-0.15, -0.1) is 0 Å². The van der Waals surface area contributed by atoms with Crippen LogP contribution in [0, 0.1) is 5.92 Å². The molecule has 23 heavy (non-hydrogen) atoms. The third-order valence-corrected chi connectivity index (χ3v) is 3.13. The van der Waals surface area contributed by atoms with Crippen LogP contribution in [0.4, 0.5) is 0 Å². The second-order valence-corrected chi connectivity index (χ2v) is 7.80. The molecule has 1 saturated heterocycles. The van der Waals surface area contributed by atoms with Gasteiger partial charge in [-0.3, -0.25) is 9.59 Å². The highest BCUT2D eigenvalue weighted by Crippen LogP contribution is 2.31. The van der Waals surface area contributed by atoms with Gasteiger partial charge in [-0.25, -0.2) is 4.79 Å². The van der Waals surface area contributed by atoms with E-state index < -0.39 is 47.1 Å². The average Bonchev–Trinajstić information content (AvgIpc) is 2.27. The van der Waals surface area contributed by atoms with Gasteiger partial charge in [0.1, 0.15) is 23.8 Å². The summed E-state index contributed by atoms with van der Waals surface area (Å²) in [4.78, 5) is 37.4. The number of aliphatic hydroxyl groups excluding tert-OH is 1. The molecule has 0 aliphatic carbocycles. The number of carbonyl (C=O) groups excluding carboxylic acids is 3. The fourth-order valence-electron chi connectivity index (χ4n) is 2.37. The number of hydrogen-bond donors (Lipinski definition) is 1. The first-order valence-electron chi connectivity index (χ1n) is 7.66. The topological polar surface area (TPSA) is 93.1 Å². The van der Waals surface area contributed by atoms with Crippen molar-refractivity contribution in [3.63, 3.8) is 0 Å². The number of nitrogens with zero attached hydrogens (tertiary/aromatic N) is 1. The second kappa shape index (κ2) is 6.47. The number of ether oxygens (including phenoxy) is 2. The van der Waals surface area contributed by atoms with Gasteiger partial charge in [0.15, 0.2) is 0 Å². The Morgan fingerprint density at radius 3 is 2.00 bits per heavy atom. The zero-order valence-corrected chi connectivity index (χ0v) is 14.9. The first-order chi connectivity index (χ1) is 10.2. The Morgan fingerprint density at radius 2 is 1.61 bits per heavy atom. The van der Waals surface area contributed by atoms with Gasteiger partial charge in [0.05, 0.1) is 12.0 Å². The minimum atomic E-state index is -1.00. The molecule has 0 aromatic heterocycles. The van der Waals surface area contributed by atoms with E-state index in [-0.39, 0.29) is 6.54 Å². The monoisotopic (exact) mass is 329 g/mol. The number of likely N-dealkylation sites (tertiary alicyclic amines) is 1. The van der Waals surface area contributed by atoms with Crippen LogP contribution in [-0.4, -0.2) is 57.7 Å². The van der Waals surface area contributed by atoms with E-state index in [0.29, 0.717) is 0 Å². The molecule has 1 N–H and O–H groups in total. The molecule has 0 spiro atoms. The highest BCUT2D eigenvalue weighted by molar-refractivity contribution is 5.99. The lowest BCUT2D eigenvalue weighted by atomic mass is 9.83. The van der Waals surface area contributed by atoms with Crippen molar-refractivity contribution < 1.29 is 29.0 Å². The van der Waals surface area contributed by atoms with Crippen molar-refractivity contribution in [3.8, 4) is 0 Å². The van der Waals surface area contributed by atoms with Crippen LogP contribution in [0.25, 0.3) is 0 Å². The summed E-state index contributed by atoms with van der Waals surface area (Å²) in [6.45, 7) is 11.4. The molecule has 0 bridgehead atoms. The van der Waals surface area contributed by atoms with Crippen LogP contribution < -0.4 is 0 Å². The van der Waals surface area contributed by atoms with Crippen molar-refractivity contribution in [2.45, 2.75) is 71.8 Å². The van der Waals surface area contributed by atoms with Crippen molar-refractivity contribution in [1.29, 1.82) is 0 Å². The van der Waals surface area contributed by atoms with E-state index in [1.165, 1.54) is 6.92 Å². The molecule has 1 heterocycles. The molecule has 0 aromatic rings. The summed E-state index contributed by atoms with van der Waals surface area (Å²) in [5, 5.41) is 9.73. The summed E-state index contributed by atoms with van der Waals surface area (Å²) >= 11 is 0. The number of rotatable bonds is 4. The average molecular weight is 329 g/mol. The quantitative estimate of drug-likeness (QED) is 0.608. The second-order valence-electron chi connectivity index (χ2n) is 7.80. The van der Waals surface area contributed by atoms with Gasteiger partial charge < -0.3 is 19.5 Å². The summed E-state index contributed by atoms with van der Waals surface area (Å²) in [6.07, 6.45) is -1.00. The first-order valence-corrected chi connectivity index (χ1v) is 7.66. The Balaban J connectivity index is 2.86. The maximum atomic E-state index is 12.3.